The lowest BCUT2D eigenvalue weighted by Crippen LogP contribution is -2.39. The molecule has 1 N–H and O–H groups in total. The molecule has 2 unspecified atom stereocenters. The van der Waals surface area contributed by atoms with Crippen molar-refractivity contribution in [3.05, 3.63) is 0 Å². The molecule has 0 bridgehead atoms. The van der Waals surface area contributed by atoms with Gasteiger partial charge in [-0.15, -0.1) is 12.4 Å². The van der Waals surface area contributed by atoms with Crippen LogP contribution in [0.1, 0.15) is 19.3 Å². The summed E-state index contributed by atoms with van der Waals surface area (Å²) in [6.07, 6.45) is 4.16. The Morgan fingerprint density at radius 1 is 1.46 bits per heavy atom. The lowest BCUT2D eigenvalue weighted by atomic mass is 10.0. The van der Waals surface area contributed by atoms with E-state index in [2.05, 4.69) is 17.1 Å². The number of ether oxygens (including phenoxy) is 1. The van der Waals surface area contributed by atoms with Crippen molar-refractivity contribution in [3.63, 3.8) is 0 Å². The SMILES string of the molecule is C1CNC(CC2CCSC2)OC1.Cl. The minimum Gasteiger partial charge on any atom is -0.363 e. The van der Waals surface area contributed by atoms with Gasteiger partial charge in [-0.25, -0.2) is 0 Å². The summed E-state index contributed by atoms with van der Waals surface area (Å²) in [5.41, 5.74) is 0. The van der Waals surface area contributed by atoms with Crippen LogP contribution < -0.4 is 5.32 Å². The van der Waals surface area contributed by atoms with E-state index in [-0.39, 0.29) is 12.4 Å². The predicted molar refractivity (Wildman–Crippen MR) is 59.7 cm³/mol. The van der Waals surface area contributed by atoms with E-state index in [0.29, 0.717) is 6.23 Å². The van der Waals surface area contributed by atoms with Gasteiger partial charge in [0.1, 0.15) is 6.23 Å². The van der Waals surface area contributed by atoms with Gasteiger partial charge in [-0.1, -0.05) is 0 Å². The maximum atomic E-state index is 5.62. The minimum atomic E-state index is 0. The molecule has 13 heavy (non-hydrogen) atoms. The van der Waals surface area contributed by atoms with Crippen molar-refractivity contribution in [3.8, 4) is 0 Å². The summed E-state index contributed by atoms with van der Waals surface area (Å²) in [4.78, 5) is 0. The Labute approximate surface area is 90.6 Å². The molecular weight excluding hydrogens is 206 g/mol. The largest absolute Gasteiger partial charge is 0.363 e. The zero-order valence-corrected chi connectivity index (χ0v) is 9.46. The maximum Gasteiger partial charge on any atom is 0.108 e. The van der Waals surface area contributed by atoms with E-state index in [1.165, 1.54) is 30.8 Å². The fourth-order valence-electron chi connectivity index (χ4n) is 1.84. The van der Waals surface area contributed by atoms with Crippen LogP contribution in [-0.2, 0) is 4.74 Å². The summed E-state index contributed by atoms with van der Waals surface area (Å²) in [5, 5.41) is 3.41. The highest BCUT2D eigenvalue weighted by atomic mass is 35.5. The molecule has 78 valence electrons. The van der Waals surface area contributed by atoms with Crippen LogP contribution in [0.4, 0.5) is 0 Å². The molecule has 0 aromatic heterocycles. The van der Waals surface area contributed by atoms with Crippen LogP contribution in [0.5, 0.6) is 0 Å². The number of hydrogen-bond donors (Lipinski definition) is 1. The van der Waals surface area contributed by atoms with E-state index < -0.39 is 0 Å². The molecule has 2 aliphatic rings. The van der Waals surface area contributed by atoms with Crippen molar-refractivity contribution < 1.29 is 4.74 Å². The fourth-order valence-corrected chi connectivity index (χ4v) is 3.15. The van der Waals surface area contributed by atoms with E-state index in [9.17, 15) is 0 Å². The molecule has 0 amide bonds. The molecule has 0 spiro atoms. The first-order chi connectivity index (χ1) is 5.95. The van der Waals surface area contributed by atoms with Gasteiger partial charge >= 0.3 is 0 Å². The lowest BCUT2D eigenvalue weighted by molar-refractivity contribution is -0.0113. The quantitative estimate of drug-likeness (QED) is 0.773. The number of thioether (sulfide) groups is 1. The topological polar surface area (TPSA) is 21.3 Å². The number of hydrogen-bond acceptors (Lipinski definition) is 3. The van der Waals surface area contributed by atoms with Crippen molar-refractivity contribution in [2.24, 2.45) is 5.92 Å². The molecule has 2 atom stereocenters. The predicted octanol–water partition coefficient (Wildman–Crippen LogP) is 1.89. The molecule has 2 rings (SSSR count). The Balaban J connectivity index is 0.000000845. The molecule has 2 saturated heterocycles. The van der Waals surface area contributed by atoms with Crippen molar-refractivity contribution in [1.82, 2.24) is 5.32 Å². The third-order valence-corrected chi connectivity index (χ3v) is 3.82. The Bertz CT molecular complexity index is 136. The molecule has 0 aromatic carbocycles. The average Bonchev–Trinajstić information content (AvgIpc) is 2.59. The van der Waals surface area contributed by atoms with Crippen molar-refractivity contribution in [2.75, 3.05) is 24.7 Å². The van der Waals surface area contributed by atoms with Gasteiger partial charge in [0.2, 0.25) is 0 Å². The van der Waals surface area contributed by atoms with Gasteiger partial charge in [-0.05, 0) is 43.2 Å². The lowest BCUT2D eigenvalue weighted by Gasteiger charge is -2.26. The third kappa shape index (κ3) is 3.66. The normalized spacial score (nSPS) is 34.2. The Morgan fingerprint density at radius 2 is 2.38 bits per heavy atom. The zero-order chi connectivity index (χ0) is 8.23. The van der Waals surface area contributed by atoms with Crippen LogP contribution in [-0.4, -0.2) is 30.9 Å². The highest BCUT2D eigenvalue weighted by Gasteiger charge is 2.21. The van der Waals surface area contributed by atoms with Gasteiger partial charge in [0, 0.05) is 6.61 Å². The molecule has 0 aliphatic carbocycles. The van der Waals surface area contributed by atoms with Gasteiger partial charge < -0.3 is 4.74 Å². The van der Waals surface area contributed by atoms with Crippen LogP contribution in [0, 0.1) is 5.92 Å². The second-order valence-electron chi connectivity index (χ2n) is 3.63. The molecule has 2 heterocycles. The van der Waals surface area contributed by atoms with Crippen LogP contribution >= 0.6 is 24.2 Å². The van der Waals surface area contributed by atoms with Gasteiger partial charge in [-0.2, -0.15) is 11.8 Å². The van der Waals surface area contributed by atoms with E-state index in [4.69, 9.17) is 4.74 Å². The summed E-state index contributed by atoms with van der Waals surface area (Å²) < 4.78 is 5.62. The standard InChI is InChI=1S/C9H17NOS.ClH/c1-3-10-9(11-4-1)6-8-2-5-12-7-8;/h8-10H,1-7H2;1H. The monoisotopic (exact) mass is 223 g/mol. The van der Waals surface area contributed by atoms with E-state index in [1.54, 1.807) is 0 Å². The highest BCUT2D eigenvalue weighted by Crippen LogP contribution is 2.27. The average molecular weight is 224 g/mol. The summed E-state index contributed by atoms with van der Waals surface area (Å²) in [6, 6.07) is 0. The van der Waals surface area contributed by atoms with Crippen LogP contribution in [0.3, 0.4) is 0 Å². The van der Waals surface area contributed by atoms with Gasteiger partial charge in [-0.3, -0.25) is 5.32 Å². The Morgan fingerprint density at radius 3 is 3.00 bits per heavy atom. The molecule has 0 radical (unpaired) electrons. The summed E-state index contributed by atoms with van der Waals surface area (Å²) in [6.45, 7) is 2.10. The first-order valence-corrected chi connectivity index (χ1v) is 6.03. The van der Waals surface area contributed by atoms with E-state index in [1.807, 2.05) is 0 Å². The summed E-state index contributed by atoms with van der Waals surface area (Å²) in [7, 11) is 0. The third-order valence-electron chi connectivity index (χ3n) is 2.58. The maximum absolute atomic E-state index is 5.62. The highest BCUT2D eigenvalue weighted by molar-refractivity contribution is 7.99. The van der Waals surface area contributed by atoms with Crippen molar-refractivity contribution in [2.45, 2.75) is 25.5 Å². The first-order valence-electron chi connectivity index (χ1n) is 4.88. The molecule has 2 fully saturated rings. The molecular formula is C9H18ClNOS. The summed E-state index contributed by atoms with van der Waals surface area (Å²) in [5.74, 6) is 3.62. The van der Waals surface area contributed by atoms with Crippen LogP contribution in [0.2, 0.25) is 0 Å². The van der Waals surface area contributed by atoms with E-state index in [0.717, 1.165) is 19.1 Å². The Kier molecular flexibility index (Phi) is 5.48. The van der Waals surface area contributed by atoms with Crippen molar-refractivity contribution >= 4 is 24.2 Å². The number of halogens is 1. The van der Waals surface area contributed by atoms with Gasteiger partial charge in [0.05, 0.1) is 0 Å². The first kappa shape index (κ1) is 11.6. The van der Waals surface area contributed by atoms with E-state index >= 15 is 0 Å². The second-order valence-corrected chi connectivity index (χ2v) is 4.78. The molecule has 4 heteroatoms. The van der Waals surface area contributed by atoms with Gasteiger partial charge in [0.25, 0.3) is 0 Å². The van der Waals surface area contributed by atoms with Crippen molar-refractivity contribution in [1.29, 1.82) is 0 Å². The smallest absolute Gasteiger partial charge is 0.108 e. The molecule has 2 nitrogen and oxygen atoms in total. The number of rotatable bonds is 2. The van der Waals surface area contributed by atoms with Crippen LogP contribution in [0.15, 0.2) is 0 Å². The molecule has 0 aromatic rings. The minimum absolute atomic E-state index is 0. The van der Waals surface area contributed by atoms with Gasteiger partial charge in [0.15, 0.2) is 0 Å². The second kappa shape index (κ2) is 6.12. The fraction of sp³-hybridized carbons (Fsp3) is 1.00. The zero-order valence-electron chi connectivity index (χ0n) is 7.83. The number of nitrogens with one attached hydrogen (secondary N) is 1. The Hall–Kier alpha value is 0.560. The van der Waals surface area contributed by atoms with Crippen LogP contribution in [0.25, 0.3) is 0 Å². The molecule has 2 aliphatic heterocycles. The molecule has 0 saturated carbocycles. The summed E-state index contributed by atoms with van der Waals surface area (Å²) >= 11 is 2.09.